The van der Waals surface area contributed by atoms with E-state index in [9.17, 15) is 9.90 Å². The van der Waals surface area contributed by atoms with Crippen LogP contribution in [0, 0.1) is 5.92 Å². The van der Waals surface area contributed by atoms with Gasteiger partial charge in [0.1, 0.15) is 0 Å². The van der Waals surface area contributed by atoms with Gasteiger partial charge in [-0.05, 0) is 60.1 Å². The number of amides is 1. The summed E-state index contributed by atoms with van der Waals surface area (Å²) in [5, 5.41) is 12.1. The fourth-order valence-corrected chi connectivity index (χ4v) is 4.64. The topological polar surface area (TPSA) is 67.8 Å². The number of carbonyl (C=O) groups excluding carboxylic acids is 1. The zero-order valence-electron chi connectivity index (χ0n) is 17.6. The predicted molar refractivity (Wildman–Crippen MR) is 116 cm³/mol. The molecule has 0 fully saturated rings. The summed E-state index contributed by atoms with van der Waals surface area (Å²) >= 11 is 0. The lowest BCUT2D eigenvalue weighted by Gasteiger charge is -2.37. The molecule has 1 aliphatic heterocycles. The molecule has 0 bridgehead atoms. The van der Waals surface area contributed by atoms with E-state index in [2.05, 4.69) is 47.8 Å². The third-order valence-electron chi connectivity index (χ3n) is 6.06. The van der Waals surface area contributed by atoms with E-state index in [0.717, 1.165) is 18.4 Å². The molecule has 1 amide bonds. The zero-order chi connectivity index (χ0) is 21.1. The first-order valence-electron chi connectivity index (χ1n) is 10.7. The molecule has 5 nitrogen and oxygen atoms in total. The molecule has 3 atom stereocenters. The van der Waals surface area contributed by atoms with E-state index in [4.69, 9.17) is 9.47 Å². The Balaban J connectivity index is 1.73. The van der Waals surface area contributed by atoms with Crippen molar-refractivity contribution < 1.29 is 19.4 Å². The number of allylic oxidation sites excluding steroid dienone is 1. The van der Waals surface area contributed by atoms with E-state index >= 15 is 0 Å². The van der Waals surface area contributed by atoms with Crippen molar-refractivity contribution in [3.05, 3.63) is 71.0 Å². The number of ether oxygens (including phenoxy) is 2. The second-order valence-electron chi connectivity index (χ2n) is 7.86. The van der Waals surface area contributed by atoms with E-state index in [1.54, 1.807) is 7.05 Å². The van der Waals surface area contributed by atoms with E-state index < -0.39 is 6.29 Å². The minimum absolute atomic E-state index is 0.0207. The fraction of sp³-hybridized carbons (Fsp3) is 0.400. The summed E-state index contributed by atoms with van der Waals surface area (Å²) in [6.07, 6.45) is 3.73. The normalized spacial score (nSPS) is 22.0. The quantitative estimate of drug-likeness (QED) is 0.626. The summed E-state index contributed by atoms with van der Waals surface area (Å²) in [6.45, 7) is 2.53. The Hall–Kier alpha value is -2.63. The molecule has 2 N–H and O–H groups in total. The van der Waals surface area contributed by atoms with Gasteiger partial charge < -0.3 is 19.9 Å². The lowest BCUT2D eigenvalue weighted by Crippen LogP contribution is -2.38. The Kier molecular flexibility index (Phi) is 6.21. The van der Waals surface area contributed by atoms with Crippen LogP contribution in [0.3, 0.4) is 0 Å². The molecule has 1 aliphatic carbocycles. The minimum Gasteiger partial charge on any atom is -0.459 e. The van der Waals surface area contributed by atoms with Crippen molar-refractivity contribution in [2.24, 2.45) is 5.92 Å². The van der Waals surface area contributed by atoms with Gasteiger partial charge in [0.05, 0.1) is 0 Å². The van der Waals surface area contributed by atoms with E-state index in [0.29, 0.717) is 18.8 Å². The molecule has 0 saturated heterocycles. The van der Waals surface area contributed by atoms with Crippen LogP contribution in [0.15, 0.2) is 54.3 Å². The molecule has 30 heavy (non-hydrogen) atoms. The molecule has 2 aromatic carbocycles. The maximum atomic E-state index is 12.4. The number of carbonyl (C=O) groups is 1. The first-order chi connectivity index (χ1) is 14.7. The maximum absolute atomic E-state index is 12.4. The Bertz CT molecular complexity index is 952. The Labute approximate surface area is 177 Å². The highest BCUT2D eigenvalue weighted by Gasteiger charge is 2.38. The number of rotatable bonds is 7. The van der Waals surface area contributed by atoms with Crippen LogP contribution >= 0.6 is 0 Å². The van der Waals surface area contributed by atoms with Crippen molar-refractivity contribution in [3.63, 3.8) is 0 Å². The van der Waals surface area contributed by atoms with E-state index in [-0.39, 0.29) is 24.3 Å². The number of benzene rings is 2. The Morgan fingerprint density at radius 3 is 2.77 bits per heavy atom. The van der Waals surface area contributed by atoms with Crippen LogP contribution in [-0.4, -0.2) is 37.6 Å². The van der Waals surface area contributed by atoms with Crippen LogP contribution in [0.1, 0.15) is 42.4 Å². The number of fused-ring (bicyclic) bond motifs is 3. The van der Waals surface area contributed by atoms with Crippen molar-refractivity contribution >= 4 is 5.91 Å². The van der Waals surface area contributed by atoms with Crippen LogP contribution in [0.2, 0.25) is 0 Å². The molecule has 0 spiro atoms. The van der Waals surface area contributed by atoms with Gasteiger partial charge in [-0.15, -0.1) is 0 Å². The number of nitrogens with one attached hydrogen (secondary N) is 1. The molecular formula is C25H29NO4. The summed E-state index contributed by atoms with van der Waals surface area (Å²) in [6, 6.07) is 15.1. The van der Waals surface area contributed by atoms with Crippen molar-refractivity contribution in [3.8, 4) is 11.1 Å². The summed E-state index contributed by atoms with van der Waals surface area (Å²) in [7, 11) is 1.60. The highest BCUT2D eigenvalue weighted by Crippen LogP contribution is 2.43. The first kappa shape index (κ1) is 20.6. The van der Waals surface area contributed by atoms with Crippen LogP contribution in [-0.2, 0) is 20.7 Å². The van der Waals surface area contributed by atoms with Gasteiger partial charge >= 0.3 is 0 Å². The predicted octanol–water partition coefficient (Wildman–Crippen LogP) is 3.75. The fourth-order valence-electron chi connectivity index (χ4n) is 4.64. The van der Waals surface area contributed by atoms with Crippen molar-refractivity contribution in [2.75, 3.05) is 20.3 Å². The van der Waals surface area contributed by atoms with Gasteiger partial charge in [-0.3, -0.25) is 4.79 Å². The van der Waals surface area contributed by atoms with Crippen molar-refractivity contribution in [2.45, 2.75) is 38.4 Å². The van der Waals surface area contributed by atoms with Crippen LogP contribution in [0.25, 0.3) is 11.1 Å². The third-order valence-corrected chi connectivity index (χ3v) is 6.06. The largest absolute Gasteiger partial charge is 0.459 e. The smallest absolute Gasteiger partial charge is 0.285 e. The summed E-state index contributed by atoms with van der Waals surface area (Å²) in [5.74, 6) is 0.0411. The van der Waals surface area contributed by atoms with Gasteiger partial charge in [0, 0.05) is 32.1 Å². The van der Waals surface area contributed by atoms with Gasteiger partial charge in [-0.25, -0.2) is 0 Å². The number of likely N-dealkylation sites (N-methyl/N-ethyl adjacent to an activating group) is 1. The molecule has 5 heteroatoms. The third kappa shape index (κ3) is 3.87. The monoisotopic (exact) mass is 407 g/mol. The van der Waals surface area contributed by atoms with Gasteiger partial charge in [-0.2, -0.15) is 0 Å². The summed E-state index contributed by atoms with van der Waals surface area (Å²) in [4.78, 5) is 12.4. The Morgan fingerprint density at radius 2 is 2.00 bits per heavy atom. The van der Waals surface area contributed by atoms with Gasteiger partial charge in [-0.1, -0.05) is 42.5 Å². The minimum atomic E-state index is -0.519. The van der Waals surface area contributed by atoms with Gasteiger partial charge in [0.2, 0.25) is 6.29 Å². The Morgan fingerprint density at radius 1 is 1.20 bits per heavy atom. The maximum Gasteiger partial charge on any atom is 0.285 e. The first-order valence-corrected chi connectivity index (χ1v) is 10.7. The average molecular weight is 408 g/mol. The van der Waals surface area contributed by atoms with E-state index in [1.165, 1.54) is 22.3 Å². The zero-order valence-corrected chi connectivity index (χ0v) is 17.6. The molecule has 2 aliphatic rings. The van der Waals surface area contributed by atoms with Crippen LogP contribution < -0.4 is 5.32 Å². The molecule has 4 rings (SSSR count). The van der Waals surface area contributed by atoms with Gasteiger partial charge in [0.15, 0.2) is 5.76 Å². The molecule has 158 valence electrons. The number of aliphatic hydroxyl groups is 1. The average Bonchev–Trinajstić information content (AvgIpc) is 3.15. The molecule has 0 unspecified atom stereocenters. The number of hydrogen-bond acceptors (Lipinski definition) is 4. The molecule has 0 aromatic heterocycles. The highest BCUT2D eigenvalue weighted by molar-refractivity contribution is 5.91. The standard InChI is InChI=1S/C25H29NO4/c1-3-29-25-21(9-6-12-27)22(15-23(30-25)24(28)26-2)17-10-11-20-18(14-17)13-16-7-4-5-8-19(16)20/h4-5,7-8,10-11,14-15,21-22,25,27H,3,6,9,12-13H2,1-2H3,(H,26,28)/t21-,22-,25-/m1/s1. The SMILES string of the molecule is CCO[C@@H]1OC(C(=O)NC)=C[C@H](c2ccc3c(c2)Cc2ccccc2-3)[C@H]1CCCO. The molecular weight excluding hydrogens is 378 g/mol. The molecule has 2 aromatic rings. The van der Waals surface area contributed by atoms with Crippen molar-refractivity contribution in [1.82, 2.24) is 5.32 Å². The lowest BCUT2D eigenvalue weighted by atomic mass is 9.80. The van der Waals surface area contributed by atoms with Gasteiger partial charge in [0.25, 0.3) is 5.91 Å². The van der Waals surface area contributed by atoms with E-state index in [1.807, 2.05) is 13.0 Å². The second kappa shape index (κ2) is 9.02. The number of hydrogen-bond donors (Lipinski definition) is 2. The van der Waals surface area contributed by atoms with Crippen LogP contribution in [0.4, 0.5) is 0 Å². The highest BCUT2D eigenvalue weighted by atomic mass is 16.7. The lowest BCUT2D eigenvalue weighted by molar-refractivity contribution is -0.166. The summed E-state index contributed by atoms with van der Waals surface area (Å²) < 4.78 is 11.8. The number of aliphatic hydroxyl groups excluding tert-OH is 1. The molecule has 0 saturated carbocycles. The van der Waals surface area contributed by atoms with Crippen LogP contribution in [0.5, 0.6) is 0 Å². The molecule has 1 heterocycles. The second-order valence-corrected chi connectivity index (χ2v) is 7.86. The molecule has 0 radical (unpaired) electrons. The van der Waals surface area contributed by atoms with Crippen molar-refractivity contribution in [1.29, 1.82) is 0 Å². The summed E-state index contributed by atoms with van der Waals surface area (Å²) in [5.41, 5.74) is 6.40.